The van der Waals surface area contributed by atoms with Gasteiger partial charge in [-0.3, -0.25) is 4.79 Å². The minimum atomic E-state index is -0.149. The molecule has 2 aromatic carbocycles. The fourth-order valence-electron chi connectivity index (χ4n) is 3.58. The van der Waals surface area contributed by atoms with Gasteiger partial charge in [0.2, 0.25) is 0 Å². The maximum absolute atomic E-state index is 13.4. The monoisotopic (exact) mass is 384 g/mol. The summed E-state index contributed by atoms with van der Waals surface area (Å²) < 4.78 is 5.75. The van der Waals surface area contributed by atoms with E-state index in [0.717, 1.165) is 33.5 Å². The number of hydrogen-bond acceptors (Lipinski definition) is 3. The Hall–Kier alpha value is -3.40. The van der Waals surface area contributed by atoms with Gasteiger partial charge in [-0.05, 0) is 55.2 Å². The number of fused-ring (bicyclic) bond motifs is 1. The lowest BCUT2D eigenvalue weighted by atomic mass is 9.97. The fraction of sp³-hybridized carbons (Fsp3) is 0.200. The summed E-state index contributed by atoms with van der Waals surface area (Å²) in [5.41, 5.74) is 5.04. The molecule has 1 N–H and O–H groups in total. The summed E-state index contributed by atoms with van der Waals surface area (Å²) in [6, 6.07) is 19.4. The summed E-state index contributed by atoms with van der Waals surface area (Å²) in [4.78, 5) is 18.1. The molecule has 0 fully saturated rings. The predicted molar refractivity (Wildman–Crippen MR) is 117 cm³/mol. The highest BCUT2D eigenvalue weighted by Crippen LogP contribution is 2.30. The van der Waals surface area contributed by atoms with Crippen molar-refractivity contribution in [3.63, 3.8) is 0 Å². The van der Waals surface area contributed by atoms with Gasteiger partial charge in [0.15, 0.2) is 5.76 Å². The number of furan rings is 1. The summed E-state index contributed by atoms with van der Waals surface area (Å²) in [6.07, 6.45) is 0. The molecule has 0 spiro atoms. The number of aromatic nitrogens is 1. The van der Waals surface area contributed by atoms with Crippen LogP contribution in [0.4, 0.5) is 5.69 Å². The molecular weight excluding hydrogens is 360 g/mol. The number of para-hydroxylation sites is 2. The van der Waals surface area contributed by atoms with Gasteiger partial charge in [-0.1, -0.05) is 50.2 Å². The van der Waals surface area contributed by atoms with Crippen LogP contribution in [0, 0.1) is 13.8 Å². The van der Waals surface area contributed by atoms with Crippen molar-refractivity contribution in [2.45, 2.75) is 33.6 Å². The second-order valence-electron chi connectivity index (χ2n) is 7.63. The molecule has 29 heavy (non-hydrogen) atoms. The number of hydrogen-bond donors (Lipinski definition) is 1. The Labute approximate surface area is 170 Å². The van der Waals surface area contributed by atoms with E-state index < -0.39 is 0 Å². The third-order valence-corrected chi connectivity index (χ3v) is 5.12. The highest BCUT2D eigenvalue weighted by Gasteiger charge is 2.18. The molecule has 0 bridgehead atoms. The predicted octanol–water partition coefficient (Wildman–Crippen LogP) is 6.49. The molecule has 0 radical (unpaired) electrons. The average molecular weight is 384 g/mol. The quantitative estimate of drug-likeness (QED) is 0.438. The van der Waals surface area contributed by atoms with Gasteiger partial charge in [-0.15, -0.1) is 0 Å². The number of carbonyl (C=O) groups is 1. The summed E-state index contributed by atoms with van der Waals surface area (Å²) >= 11 is 0. The van der Waals surface area contributed by atoms with Crippen molar-refractivity contribution in [3.8, 4) is 11.5 Å². The molecule has 0 aliphatic rings. The highest BCUT2D eigenvalue weighted by atomic mass is 16.3. The summed E-state index contributed by atoms with van der Waals surface area (Å²) in [6.45, 7) is 8.17. The van der Waals surface area contributed by atoms with Crippen LogP contribution in [0.1, 0.15) is 47.0 Å². The molecule has 0 saturated heterocycles. The number of aryl methyl sites for hydroxylation is 2. The summed E-state index contributed by atoms with van der Waals surface area (Å²) in [7, 11) is 0. The number of benzene rings is 2. The number of pyridine rings is 1. The lowest BCUT2D eigenvalue weighted by Gasteiger charge is -2.17. The Kier molecular flexibility index (Phi) is 4.93. The van der Waals surface area contributed by atoms with Crippen molar-refractivity contribution < 1.29 is 9.21 Å². The number of carbonyl (C=O) groups excluding carboxylic acids is 1. The lowest BCUT2D eigenvalue weighted by Crippen LogP contribution is -2.15. The smallest absolute Gasteiger partial charge is 0.256 e. The van der Waals surface area contributed by atoms with E-state index in [1.54, 1.807) is 0 Å². The summed E-state index contributed by atoms with van der Waals surface area (Å²) in [5, 5.41) is 3.97. The Balaban J connectivity index is 1.82. The number of amides is 1. The van der Waals surface area contributed by atoms with Gasteiger partial charge in [-0.2, -0.15) is 0 Å². The Morgan fingerprint density at radius 1 is 1.00 bits per heavy atom. The molecule has 0 aliphatic heterocycles. The molecule has 2 aromatic heterocycles. The van der Waals surface area contributed by atoms with Crippen molar-refractivity contribution in [1.82, 2.24) is 4.98 Å². The second-order valence-corrected chi connectivity index (χ2v) is 7.63. The van der Waals surface area contributed by atoms with E-state index in [4.69, 9.17) is 9.40 Å². The van der Waals surface area contributed by atoms with E-state index in [9.17, 15) is 4.79 Å². The van der Waals surface area contributed by atoms with E-state index in [-0.39, 0.29) is 5.91 Å². The van der Waals surface area contributed by atoms with Gasteiger partial charge >= 0.3 is 0 Å². The number of nitrogens with zero attached hydrogens (tertiary/aromatic N) is 1. The van der Waals surface area contributed by atoms with Crippen LogP contribution in [0.3, 0.4) is 0 Å². The number of nitrogens with one attached hydrogen (secondary N) is 1. The standard InChI is InChI=1S/C25H24N2O2/c1-15(2)18-10-7-8-16(3)24(18)27-25(28)20-14-22(23-13-12-17(4)29-23)26-21-11-6-5-9-19(20)21/h5-15H,1-4H3,(H,27,28). The highest BCUT2D eigenvalue weighted by molar-refractivity contribution is 6.13. The van der Waals surface area contributed by atoms with Crippen LogP contribution in [0.2, 0.25) is 0 Å². The minimum Gasteiger partial charge on any atom is -0.460 e. The normalized spacial score (nSPS) is 11.2. The van der Waals surface area contributed by atoms with Gasteiger partial charge < -0.3 is 9.73 Å². The molecule has 4 aromatic rings. The van der Waals surface area contributed by atoms with Gasteiger partial charge in [0, 0.05) is 11.1 Å². The maximum Gasteiger partial charge on any atom is 0.256 e. The zero-order valence-corrected chi connectivity index (χ0v) is 17.1. The molecule has 4 rings (SSSR count). The first-order chi connectivity index (χ1) is 13.9. The van der Waals surface area contributed by atoms with Crippen molar-refractivity contribution in [2.24, 2.45) is 0 Å². The van der Waals surface area contributed by atoms with Crippen LogP contribution in [0.5, 0.6) is 0 Å². The van der Waals surface area contributed by atoms with Crippen LogP contribution in [0.15, 0.2) is 65.1 Å². The van der Waals surface area contributed by atoms with Gasteiger partial charge in [-0.25, -0.2) is 4.98 Å². The Morgan fingerprint density at radius 3 is 2.52 bits per heavy atom. The molecule has 2 heterocycles. The van der Waals surface area contributed by atoms with E-state index in [1.807, 2.05) is 68.4 Å². The largest absolute Gasteiger partial charge is 0.460 e. The molecular formula is C25H24N2O2. The van der Waals surface area contributed by atoms with E-state index in [2.05, 4.69) is 25.2 Å². The zero-order chi connectivity index (χ0) is 20.5. The van der Waals surface area contributed by atoms with Crippen molar-refractivity contribution in [1.29, 1.82) is 0 Å². The van der Waals surface area contributed by atoms with E-state index in [1.165, 1.54) is 0 Å². The van der Waals surface area contributed by atoms with Crippen LogP contribution < -0.4 is 5.32 Å². The molecule has 0 saturated carbocycles. The molecule has 0 unspecified atom stereocenters. The maximum atomic E-state index is 13.4. The first kappa shape index (κ1) is 18.9. The van der Waals surface area contributed by atoms with Gasteiger partial charge in [0.05, 0.1) is 11.1 Å². The number of anilines is 1. The van der Waals surface area contributed by atoms with E-state index in [0.29, 0.717) is 22.9 Å². The Bertz CT molecular complexity index is 1200. The fourth-order valence-corrected chi connectivity index (χ4v) is 3.58. The van der Waals surface area contributed by atoms with Crippen molar-refractivity contribution >= 4 is 22.5 Å². The Morgan fingerprint density at radius 2 is 1.79 bits per heavy atom. The first-order valence-corrected chi connectivity index (χ1v) is 9.81. The van der Waals surface area contributed by atoms with Crippen LogP contribution in [-0.2, 0) is 0 Å². The van der Waals surface area contributed by atoms with Crippen molar-refractivity contribution in [3.05, 3.63) is 83.1 Å². The van der Waals surface area contributed by atoms with Crippen LogP contribution in [0.25, 0.3) is 22.4 Å². The lowest BCUT2D eigenvalue weighted by molar-refractivity contribution is 0.102. The third-order valence-electron chi connectivity index (χ3n) is 5.12. The SMILES string of the molecule is Cc1ccc(-c2cc(C(=O)Nc3c(C)cccc3C(C)C)c3ccccc3n2)o1. The van der Waals surface area contributed by atoms with Crippen LogP contribution >= 0.6 is 0 Å². The van der Waals surface area contributed by atoms with E-state index >= 15 is 0 Å². The van der Waals surface area contributed by atoms with Gasteiger partial charge in [0.25, 0.3) is 5.91 Å². The zero-order valence-electron chi connectivity index (χ0n) is 17.1. The third kappa shape index (κ3) is 3.66. The average Bonchev–Trinajstić information content (AvgIpc) is 3.14. The molecule has 0 aliphatic carbocycles. The van der Waals surface area contributed by atoms with Gasteiger partial charge in [0.1, 0.15) is 11.5 Å². The minimum absolute atomic E-state index is 0.149. The first-order valence-electron chi connectivity index (χ1n) is 9.81. The molecule has 4 heteroatoms. The molecule has 0 atom stereocenters. The molecule has 1 amide bonds. The van der Waals surface area contributed by atoms with Crippen molar-refractivity contribution in [2.75, 3.05) is 5.32 Å². The molecule has 4 nitrogen and oxygen atoms in total. The topological polar surface area (TPSA) is 55.1 Å². The summed E-state index contributed by atoms with van der Waals surface area (Å²) in [5.74, 6) is 1.62. The molecule has 146 valence electrons. The van der Waals surface area contributed by atoms with Crippen LogP contribution in [-0.4, -0.2) is 10.9 Å². The number of rotatable bonds is 4. The second kappa shape index (κ2) is 7.55.